The maximum Gasteiger partial charge on any atom is 0.308 e. The van der Waals surface area contributed by atoms with Gasteiger partial charge in [-0.05, 0) is 24.5 Å². The van der Waals surface area contributed by atoms with Crippen molar-refractivity contribution in [3.05, 3.63) is 30.1 Å². The summed E-state index contributed by atoms with van der Waals surface area (Å²) >= 11 is 0. The lowest BCUT2D eigenvalue weighted by molar-refractivity contribution is -0.142. The van der Waals surface area contributed by atoms with Gasteiger partial charge in [-0.15, -0.1) is 0 Å². The van der Waals surface area contributed by atoms with Crippen molar-refractivity contribution in [3.8, 4) is 6.07 Å². The van der Waals surface area contributed by atoms with E-state index in [9.17, 15) is 15.2 Å². The third kappa shape index (κ3) is 2.46. The van der Waals surface area contributed by atoms with Crippen LogP contribution in [-0.2, 0) is 4.79 Å². The van der Waals surface area contributed by atoms with Crippen molar-refractivity contribution in [2.24, 2.45) is 11.8 Å². The van der Waals surface area contributed by atoms with E-state index in [0.717, 1.165) is 12.2 Å². The summed E-state index contributed by atoms with van der Waals surface area (Å²) in [5.41, 5.74) is 2.54. The SMILES string of the molecule is C[C@@H]1C[C@@H](C(=O)O)CN(c2ccc(C#N)c3nccnc23)C1. The average molecular weight is 296 g/mol. The van der Waals surface area contributed by atoms with E-state index in [0.29, 0.717) is 29.6 Å². The lowest BCUT2D eigenvalue weighted by Gasteiger charge is -2.36. The summed E-state index contributed by atoms with van der Waals surface area (Å²) in [5.74, 6) is -0.857. The van der Waals surface area contributed by atoms with Crippen LogP contribution >= 0.6 is 0 Å². The quantitative estimate of drug-likeness (QED) is 0.912. The maximum atomic E-state index is 11.3. The number of rotatable bonds is 2. The molecule has 1 aromatic carbocycles. The van der Waals surface area contributed by atoms with Gasteiger partial charge in [0.2, 0.25) is 0 Å². The molecule has 0 amide bonds. The first-order chi connectivity index (χ1) is 10.6. The van der Waals surface area contributed by atoms with Gasteiger partial charge < -0.3 is 10.0 Å². The van der Waals surface area contributed by atoms with Crippen LogP contribution in [0.15, 0.2) is 24.5 Å². The van der Waals surface area contributed by atoms with E-state index in [2.05, 4.69) is 23.0 Å². The smallest absolute Gasteiger partial charge is 0.308 e. The summed E-state index contributed by atoms with van der Waals surface area (Å²) in [6, 6.07) is 5.68. The average Bonchev–Trinajstić information content (AvgIpc) is 2.53. The Balaban J connectivity index is 2.07. The van der Waals surface area contributed by atoms with Crippen LogP contribution in [0.1, 0.15) is 18.9 Å². The van der Waals surface area contributed by atoms with Gasteiger partial charge in [0.1, 0.15) is 17.1 Å². The van der Waals surface area contributed by atoms with Crippen LogP contribution in [0.4, 0.5) is 5.69 Å². The van der Waals surface area contributed by atoms with E-state index in [1.165, 1.54) is 0 Å². The zero-order valence-corrected chi connectivity index (χ0v) is 12.2. The summed E-state index contributed by atoms with van der Waals surface area (Å²) in [6.45, 7) is 3.29. The minimum absolute atomic E-state index is 0.289. The van der Waals surface area contributed by atoms with Crippen LogP contribution in [0.25, 0.3) is 11.0 Å². The first-order valence-electron chi connectivity index (χ1n) is 7.21. The van der Waals surface area contributed by atoms with E-state index < -0.39 is 5.97 Å². The largest absolute Gasteiger partial charge is 0.481 e. The molecule has 1 aromatic heterocycles. The summed E-state index contributed by atoms with van der Waals surface area (Å²) in [5, 5.41) is 18.5. The van der Waals surface area contributed by atoms with Gasteiger partial charge in [-0.25, -0.2) is 0 Å². The number of benzene rings is 1. The van der Waals surface area contributed by atoms with Crippen LogP contribution in [-0.4, -0.2) is 34.1 Å². The summed E-state index contributed by atoms with van der Waals surface area (Å²) < 4.78 is 0. The molecule has 1 saturated heterocycles. The predicted octanol–water partition coefficient (Wildman–Crippen LogP) is 2.05. The van der Waals surface area contributed by atoms with Crippen molar-refractivity contribution >= 4 is 22.7 Å². The highest BCUT2D eigenvalue weighted by Crippen LogP contribution is 2.31. The van der Waals surface area contributed by atoms with Gasteiger partial charge in [0, 0.05) is 25.5 Å². The third-order valence-electron chi connectivity index (χ3n) is 4.07. The zero-order chi connectivity index (χ0) is 15.7. The number of carboxylic acid groups (broad SMARTS) is 1. The number of nitriles is 1. The van der Waals surface area contributed by atoms with Crippen molar-refractivity contribution in [3.63, 3.8) is 0 Å². The molecule has 0 aliphatic carbocycles. The van der Waals surface area contributed by atoms with Gasteiger partial charge in [0.25, 0.3) is 0 Å². The van der Waals surface area contributed by atoms with E-state index in [4.69, 9.17) is 0 Å². The predicted molar refractivity (Wildman–Crippen MR) is 81.4 cm³/mol. The Bertz CT molecular complexity index is 768. The summed E-state index contributed by atoms with van der Waals surface area (Å²) in [6.07, 6.45) is 3.84. The number of anilines is 1. The fourth-order valence-electron chi connectivity index (χ4n) is 3.12. The van der Waals surface area contributed by atoms with Crippen molar-refractivity contribution in [2.45, 2.75) is 13.3 Å². The molecule has 6 heteroatoms. The Labute approximate surface area is 128 Å². The van der Waals surface area contributed by atoms with Crippen molar-refractivity contribution < 1.29 is 9.90 Å². The molecule has 1 aliphatic rings. The van der Waals surface area contributed by atoms with Gasteiger partial charge >= 0.3 is 5.97 Å². The molecule has 0 saturated carbocycles. The van der Waals surface area contributed by atoms with Crippen LogP contribution in [0.2, 0.25) is 0 Å². The highest BCUT2D eigenvalue weighted by molar-refractivity contribution is 5.92. The Morgan fingerprint density at radius 1 is 1.32 bits per heavy atom. The number of piperidine rings is 1. The molecule has 1 fully saturated rings. The number of carboxylic acids is 1. The third-order valence-corrected chi connectivity index (χ3v) is 4.07. The fraction of sp³-hybridized carbons (Fsp3) is 0.375. The van der Waals surface area contributed by atoms with Gasteiger partial charge in [-0.3, -0.25) is 14.8 Å². The molecular weight excluding hydrogens is 280 g/mol. The van der Waals surface area contributed by atoms with E-state index in [1.54, 1.807) is 18.5 Å². The first-order valence-corrected chi connectivity index (χ1v) is 7.21. The zero-order valence-electron chi connectivity index (χ0n) is 12.2. The Morgan fingerprint density at radius 3 is 2.73 bits per heavy atom. The highest BCUT2D eigenvalue weighted by atomic mass is 16.4. The van der Waals surface area contributed by atoms with Gasteiger partial charge in [0.15, 0.2) is 0 Å². The van der Waals surface area contributed by atoms with Crippen molar-refractivity contribution in [1.82, 2.24) is 9.97 Å². The Kier molecular flexibility index (Phi) is 3.63. The minimum Gasteiger partial charge on any atom is -0.481 e. The van der Waals surface area contributed by atoms with Crippen LogP contribution in [0, 0.1) is 23.2 Å². The molecule has 2 atom stereocenters. The van der Waals surface area contributed by atoms with Crippen LogP contribution < -0.4 is 4.90 Å². The van der Waals surface area contributed by atoms with Crippen LogP contribution in [0.3, 0.4) is 0 Å². The van der Waals surface area contributed by atoms with Gasteiger partial charge in [0.05, 0.1) is 17.2 Å². The molecule has 1 N–H and O–H groups in total. The molecule has 0 radical (unpaired) electrons. The number of hydrogen-bond donors (Lipinski definition) is 1. The Hall–Kier alpha value is -2.68. The number of fused-ring (bicyclic) bond motifs is 1. The summed E-state index contributed by atoms with van der Waals surface area (Å²) in [7, 11) is 0. The Morgan fingerprint density at radius 2 is 2.05 bits per heavy atom. The minimum atomic E-state index is -0.763. The lowest BCUT2D eigenvalue weighted by atomic mass is 9.90. The molecule has 112 valence electrons. The number of nitrogens with zero attached hydrogens (tertiary/aromatic N) is 4. The highest BCUT2D eigenvalue weighted by Gasteiger charge is 2.30. The fourth-order valence-corrected chi connectivity index (χ4v) is 3.12. The van der Waals surface area contributed by atoms with Gasteiger partial charge in [-0.1, -0.05) is 6.92 Å². The van der Waals surface area contributed by atoms with E-state index in [-0.39, 0.29) is 11.8 Å². The standard InChI is InChI=1S/C16H16N4O2/c1-10-6-12(16(21)22)9-20(8-10)13-3-2-11(7-17)14-15(13)19-5-4-18-14/h2-5,10,12H,6,8-9H2,1H3,(H,21,22)/t10-,12-/m1/s1. The number of carbonyl (C=O) groups is 1. The molecule has 3 rings (SSSR count). The second kappa shape index (κ2) is 5.60. The molecule has 0 bridgehead atoms. The normalized spacial score (nSPS) is 21.5. The van der Waals surface area contributed by atoms with Gasteiger partial charge in [-0.2, -0.15) is 5.26 Å². The molecular formula is C16H16N4O2. The lowest BCUT2D eigenvalue weighted by Crippen LogP contribution is -2.42. The molecule has 0 spiro atoms. The number of hydrogen-bond acceptors (Lipinski definition) is 5. The second-order valence-corrected chi connectivity index (χ2v) is 5.78. The molecule has 2 aromatic rings. The van der Waals surface area contributed by atoms with E-state index in [1.807, 2.05) is 11.0 Å². The maximum absolute atomic E-state index is 11.3. The molecule has 1 aliphatic heterocycles. The second-order valence-electron chi connectivity index (χ2n) is 5.78. The molecule has 2 heterocycles. The molecule has 22 heavy (non-hydrogen) atoms. The topological polar surface area (TPSA) is 90.1 Å². The van der Waals surface area contributed by atoms with E-state index >= 15 is 0 Å². The number of aliphatic carboxylic acids is 1. The monoisotopic (exact) mass is 296 g/mol. The van der Waals surface area contributed by atoms with Crippen LogP contribution in [0.5, 0.6) is 0 Å². The number of aromatic nitrogens is 2. The van der Waals surface area contributed by atoms with Crippen molar-refractivity contribution in [2.75, 3.05) is 18.0 Å². The summed E-state index contributed by atoms with van der Waals surface area (Å²) in [4.78, 5) is 22.0. The van der Waals surface area contributed by atoms with Crippen molar-refractivity contribution in [1.29, 1.82) is 5.26 Å². The molecule has 6 nitrogen and oxygen atoms in total. The first kappa shape index (κ1) is 14.3. The molecule has 0 unspecified atom stereocenters.